The van der Waals surface area contributed by atoms with Crippen LogP contribution >= 0.6 is 7.26 Å². The maximum Gasteiger partial charge on any atom is 0.480 e. The molecule has 0 unspecified atom stereocenters. The van der Waals surface area contributed by atoms with Crippen molar-refractivity contribution in [3.63, 3.8) is 0 Å². The lowest BCUT2D eigenvalue weighted by Crippen LogP contribution is -2.30. The van der Waals surface area contributed by atoms with E-state index in [-0.39, 0.29) is 0 Å². The molecule has 0 spiro atoms. The summed E-state index contributed by atoms with van der Waals surface area (Å²) in [5, 5.41) is 0. The van der Waals surface area contributed by atoms with Crippen molar-refractivity contribution in [2.75, 3.05) is 36.2 Å². The van der Waals surface area contributed by atoms with Gasteiger partial charge < -0.3 is 4.13 Å². The zero-order valence-electron chi connectivity index (χ0n) is 17.5. The van der Waals surface area contributed by atoms with Gasteiger partial charge >= 0.3 is 11.0 Å². The van der Waals surface area contributed by atoms with Crippen LogP contribution in [0, 0.1) is 0 Å². The van der Waals surface area contributed by atoms with E-state index in [1.165, 1.54) is 18.5 Å². The molecule has 0 bridgehead atoms. The molecule has 0 N–H and O–H groups in total. The average Bonchev–Trinajstić information content (AvgIpc) is 2.59. The number of sulfone groups is 1. The Labute approximate surface area is 180 Å². The molecule has 0 aliphatic heterocycles. The van der Waals surface area contributed by atoms with Gasteiger partial charge in [-0.25, -0.2) is 25.3 Å². The molecule has 0 aromatic rings. The molecule has 190 valence electrons. The molecule has 0 saturated carbocycles. The summed E-state index contributed by atoms with van der Waals surface area (Å²) in [7, 11) is -17.2. The van der Waals surface area contributed by atoms with Gasteiger partial charge in [0.1, 0.15) is 0 Å². The highest BCUT2D eigenvalue weighted by Gasteiger charge is 2.46. The first-order chi connectivity index (χ1) is 13.7. The van der Waals surface area contributed by atoms with Crippen molar-refractivity contribution in [1.82, 2.24) is 0 Å². The zero-order valence-corrected chi connectivity index (χ0v) is 20.8. The van der Waals surface area contributed by atoms with E-state index < -0.39 is 48.2 Å². The zero-order chi connectivity index (χ0) is 25.4. The van der Waals surface area contributed by atoms with E-state index in [4.69, 9.17) is 0 Å². The van der Waals surface area contributed by atoms with Gasteiger partial charge in [-0.05, 0) is 27.2 Å². The second-order valence-corrected chi connectivity index (χ2v) is 17.2. The minimum atomic E-state index is -6.72. The molecular formula is C14H28F6NO6PS3. The van der Waals surface area contributed by atoms with Crippen LogP contribution in [0.3, 0.4) is 0 Å². The van der Waals surface area contributed by atoms with Crippen molar-refractivity contribution in [1.29, 1.82) is 0 Å². The Morgan fingerprint density at radius 2 is 1.03 bits per heavy atom. The van der Waals surface area contributed by atoms with Crippen LogP contribution in [0.25, 0.3) is 4.13 Å². The smallest absolute Gasteiger partial charge is 0.421 e. The number of hydrogen-bond acceptors (Lipinski definition) is 6. The molecule has 17 heteroatoms. The Kier molecular flexibility index (Phi) is 13.1. The molecule has 0 aliphatic carbocycles. The molecule has 0 radical (unpaired) electrons. The normalized spacial score (nSPS) is 14.1. The van der Waals surface area contributed by atoms with Gasteiger partial charge in [0.25, 0.3) is 0 Å². The standard InChI is InChI=1S/C12H28O2PS.C2F6NO4S2/c1-5-9-11-16(13,14)12-10-15(6-2,7-3)8-4;3-1(4,5)14(10,11)9-15(12,13)2(6,7)8/h5-12H2,1-4H3;/q+1;-1. The van der Waals surface area contributed by atoms with Crippen molar-refractivity contribution in [2.24, 2.45) is 0 Å². The molecule has 0 rings (SSSR count). The summed E-state index contributed by atoms with van der Waals surface area (Å²) in [6.45, 7) is 8.70. The Morgan fingerprint density at radius 3 is 1.29 bits per heavy atom. The molecule has 0 heterocycles. The van der Waals surface area contributed by atoms with Crippen molar-refractivity contribution in [2.45, 2.75) is 51.6 Å². The maximum atomic E-state index is 11.8. The molecule has 0 aliphatic rings. The van der Waals surface area contributed by atoms with Gasteiger partial charge in [-0.1, -0.05) is 13.3 Å². The molecule has 7 nitrogen and oxygen atoms in total. The Balaban J connectivity index is 0. The number of alkyl halides is 6. The van der Waals surface area contributed by atoms with Crippen LogP contribution in [0.5, 0.6) is 0 Å². The van der Waals surface area contributed by atoms with Crippen LogP contribution in [0.2, 0.25) is 0 Å². The first-order valence-corrected chi connectivity index (χ1v) is 16.3. The second-order valence-electron chi connectivity index (χ2n) is 6.44. The van der Waals surface area contributed by atoms with Crippen LogP contribution in [0.15, 0.2) is 0 Å². The SMILES string of the molecule is CCCCS(=O)(=O)CC[P+](CC)(CC)CC.O=S(=O)([N-]S(=O)(=O)C(F)(F)F)C(F)(F)F. The van der Waals surface area contributed by atoms with Crippen LogP contribution < -0.4 is 0 Å². The van der Waals surface area contributed by atoms with E-state index in [0.717, 1.165) is 23.1 Å². The number of sulfonamides is 2. The summed E-state index contributed by atoms with van der Waals surface area (Å²) in [5.74, 6) is 0.816. The monoisotopic (exact) mass is 547 g/mol. The lowest BCUT2D eigenvalue weighted by atomic mass is 10.4. The molecule has 0 aromatic carbocycles. The van der Waals surface area contributed by atoms with Crippen molar-refractivity contribution < 1.29 is 51.6 Å². The lowest BCUT2D eigenvalue weighted by Gasteiger charge is -2.23. The van der Waals surface area contributed by atoms with E-state index in [0.29, 0.717) is 11.5 Å². The maximum absolute atomic E-state index is 11.8. The fraction of sp³-hybridized carbons (Fsp3) is 1.00. The van der Waals surface area contributed by atoms with Crippen molar-refractivity contribution in [3.8, 4) is 0 Å². The quantitative estimate of drug-likeness (QED) is 0.281. The molecular weight excluding hydrogens is 519 g/mol. The number of rotatable bonds is 11. The highest BCUT2D eigenvalue weighted by molar-refractivity contribution is 8.13. The summed E-state index contributed by atoms with van der Waals surface area (Å²) in [4.78, 5) is 0. The van der Waals surface area contributed by atoms with Crippen molar-refractivity contribution >= 4 is 37.1 Å². The lowest BCUT2D eigenvalue weighted by molar-refractivity contribution is -0.0444. The summed E-state index contributed by atoms with van der Waals surface area (Å²) in [6.07, 6.45) is 6.32. The molecule has 31 heavy (non-hydrogen) atoms. The predicted octanol–water partition coefficient (Wildman–Crippen LogP) is 4.34. The summed E-state index contributed by atoms with van der Waals surface area (Å²) in [5.41, 5.74) is -12.4. The van der Waals surface area contributed by atoms with Crippen LogP contribution in [-0.4, -0.2) is 72.4 Å². The third-order valence-electron chi connectivity index (χ3n) is 4.48. The van der Waals surface area contributed by atoms with Gasteiger partial charge in [0.05, 0.1) is 36.2 Å². The van der Waals surface area contributed by atoms with Gasteiger partial charge in [0.15, 0.2) is 29.9 Å². The average molecular weight is 548 g/mol. The molecule has 0 saturated heterocycles. The molecule has 0 atom stereocenters. The van der Waals surface area contributed by atoms with Gasteiger partial charge in [0.2, 0.25) is 0 Å². The molecule has 0 aromatic heterocycles. The highest BCUT2D eigenvalue weighted by atomic mass is 32.3. The number of halogens is 6. The van der Waals surface area contributed by atoms with Crippen LogP contribution in [-0.2, 0) is 29.9 Å². The summed E-state index contributed by atoms with van der Waals surface area (Å²) < 4.78 is 133. The fourth-order valence-corrected chi connectivity index (χ4v) is 9.75. The minimum Gasteiger partial charge on any atom is -0.421 e. The van der Waals surface area contributed by atoms with E-state index in [2.05, 4.69) is 20.8 Å². The van der Waals surface area contributed by atoms with Crippen molar-refractivity contribution in [3.05, 3.63) is 4.13 Å². The summed E-state index contributed by atoms with van der Waals surface area (Å²) >= 11 is 0. The van der Waals surface area contributed by atoms with Gasteiger partial charge in [-0.2, -0.15) is 26.3 Å². The largest absolute Gasteiger partial charge is 0.480 e. The third-order valence-corrected chi connectivity index (χ3v) is 14.5. The van der Waals surface area contributed by atoms with Gasteiger partial charge in [0, 0.05) is 7.26 Å². The fourth-order valence-electron chi connectivity index (χ4n) is 2.16. The van der Waals surface area contributed by atoms with E-state index in [9.17, 15) is 51.6 Å². The van der Waals surface area contributed by atoms with E-state index >= 15 is 0 Å². The highest BCUT2D eigenvalue weighted by Crippen LogP contribution is 2.57. The first kappa shape index (κ1) is 33.0. The van der Waals surface area contributed by atoms with E-state index in [1.54, 1.807) is 0 Å². The Hall–Kier alpha value is -0.180. The van der Waals surface area contributed by atoms with Gasteiger partial charge in [-0.3, -0.25) is 0 Å². The minimum absolute atomic E-state index is 0.390. The Bertz CT molecular complexity index is 800. The van der Waals surface area contributed by atoms with Crippen LogP contribution in [0.1, 0.15) is 40.5 Å². The number of hydrogen-bond donors (Lipinski definition) is 0. The van der Waals surface area contributed by atoms with Gasteiger partial charge in [-0.15, -0.1) is 0 Å². The third kappa shape index (κ3) is 11.5. The van der Waals surface area contributed by atoms with Crippen LogP contribution in [0.4, 0.5) is 26.3 Å². The molecule has 0 amide bonds. The second kappa shape index (κ2) is 12.3. The number of nitrogens with zero attached hydrogens (tertiary/aromatic N) is 1. The predicted molar refractivity (Wildman–Crippen MR) is 110 cm³/mol. The number of unbranched alkanes of at least 4 members (excludes halogenated alkanes) is 1. The molecule has 0 fully saturated rings. The first-order valence-electron chi connectivity index (χ1n) is 9.08. The van der Waals surface area contributed by atoms with E-state index in [1.807, 2.05) is 6.92 Å². The topological polar surface area (TPSA) is 117 Å². The summed E-state index contributed by atoms with van der Waals surface area (Å²) in [6, 6.07) is 0. The Morgan fingerprint density at radius 1 is 0.677 bits per heavy atom.